The highest BCUT2D eigenvalue weighted by Crippen LogP contribution is 1.99. The summed E-state index contributed by atoms with van der Waals surface area (Å²) in [5.41, 5.74) is 0.783. The third-order valence-corrected chi connectivity index (χ3v) is 2.96. The first kappa shape index (κ1) is 13.5. The Kier molecular flexibility index (Phi) is 4.84. The standard InChI is InChI=1S/C13H16N4O2/c14-9-12-2-1-11(10-16-12)13(18)15-3-4-17-5-7-19-8-6-17/h1-2,10H,3-8H2,(H,15,18). The number of nitriles is 1. The highest BCUT2D eigenvalue weighted by molar-refractivity contribution is 5.93. The molecule has 1 aromatic rings. The summed E-state index contributed by atoms with van der Waals surface area (Å²) < 4.78 is 5.25. The fourth-order valence-electron chi connectivity index (χ4n) is 1.85. The number of morpholine rings is 1. The van der Waals surface area contributed by atoms with Gasteiger partial charge in [0.05, 0.1) is 18.8 Å². The van der Waals surface area contributed by atoms with Crippen molar-refractivity contribution in [2.24, 2.45) is 0 Å². The quantitative estimate of drug-likeness (QED) is 0.825. The van der Waals surface area contributed by atoms with Crippen LogP contribution in [0.3, 0.4) is 0 Å². The normalized spacial score (nSPS) is 15.7. The number of nitrogens with one attached hydrogen (secondary N) is 1. The lowest BCUT2D eigenvalue weighted by atomic mass is 10.2. The zero-order valence-electron chi connectivity index (χ0n) is 10.6. The minimum atomic E-state index is -0.162. The van der Waals surface area contributed by atoms with Gasteiger partial charge in [-0.1, -0.05) is 0 Å². The molecule has 1 amide bonds. The SMILES string of the molecule is N#Cc1ccc(C(=O)NCCN2CCOCC2)cn1. The Hall–Kier alpha value is -1.97. The molecule has 0 atom stereocenters. The van der Waals surface area contributed by atoms with E-state index in [-0.39, 0.29) is 5.91 Å². The van der Waals surface area contributed by atoms with Gasteiger partial charge in [-0.3, -0.25) is 9.69 Å². The van der Waals surface area contributed by atoms with Crippen molar-refractivity contribution in [3.05, 3.63) is 29.6 Å². The van der Waals surface area contributed by atoms with Gasteiger partial charge in [-0.25, -0.2) is 4.98 Å². The molecule has 0 aromatic carbocycles. The van der Waals surface area contributed by atoms with Crippen LogP contribution in [0.1, 0.15) is 16.1 Å². The molecule has 2 rings (SSSR count). The van der Waals surface area contributed by atoms with E-state index in [0.717, 1.165) is 32.8 Å². The van der Waals surface area contributed by atoms with Crippen LogP contribution >= 0.6 is 0 Å². The number of ether oxygens (including phenoxy) is 1. The van der Waals surface area contributed by atoms with Crippen LogP contribution in [0.2, 0.25) is 0 Å². The van der Waals surface area contributed by atoms with E-state index in [4.69, 9.17) is 10.00 Å². The predicted octanol–water partition coefficient (Wildman–Crippen LogP) is 0.0153. The van der Waals surface area contributed by atoms with Crippen LogP contribution in [0.5, 0.6) is 0 Å². The molecule has 0 spiro atoms. The largest absolute Gasteiger partial charge is 0.379 e. The Morgan fingerprint density at radius 2 is 2.26 bits per heavy atom. The van der Waals surface area contributed by atoms with Gasteiger partial charge in [-0.2, -0.15) is 5.26 Å². The smallest absolute Gasteiger partial charge is 0.252 e. The number of rotatable bonds is 4. The summed E-state index contributed by atoms with van der Waals surface area (Å²) in [6, 6.07) is 5.06. The molecule has 19 heavy (non-hydrogen) atoms. The van der Waals surface area contributed by atoms with Gasteiger partial charge in [0.25, 0.3) is 5.91 Å². The first-order valence-corrected chi connectivity index (χ1v) is 6.24. The molecule has 1 N–H and O–H groups in total. The highest BCUT2D eigenvalue weighted by atomic mass is 16.5. The molecule has 1 aliphatic rings. The van der Waals surface area contributed by atoms with Crippen LogP contribution in [-0.2, 0) is 4.74 Å². The fraction of sp³-hybridized carbons (Fsp3) is 0.462. The third kappa shape index (κ3) is 4.02. The van der Waals surface area contributed by atoms with E-state index in [2.05, 4.69) is 15.2 Å². The van der Waals surface area contributed by atoms with Gasteiger partial charge in [-0.15, -0.1) is 0 Å². The molecular weight excluding hydrogens is 244 g/mol. The average molecular weight is 260 g/mol. The van der Waals surface area contributed by atoms with Gasteiger partial charge < -0.3 is 10.1 Å². The summed E-state index contributed by atoms with van der Waals surface area (Å²) in [4.78, 5) is 17.9. The Labute approximate surface area is 112 Å². The van der Waals surface area contributed by atoms with Crippen molar-refractivity contribution < 1.29 is 9.53 Å². The molecule has 6 nitrogen and oxygen atoms in total. The van der Waals surface area contributed by atoms with E-state index in [1.807, 2.05) is 6.07 Å². The maximum atomic E-state index is 11.8. The molecule has 1 fully saturated rings. The Bertz CT molecular complexity index is 461. The zero-order chi connectivity index (χ0) is 13.5. The van der Waals surface area contributed by atoms with E-state index in [0.29, 0.717) is 17.8 Å². The summed E-state index contributed by atoms with van der Waals surface area (Å²) in [5.74, 6) is -0.162. The van der Waals surface area contributed by atoms with Crippen molar-refractivity contribution in [1.29, 1.82) is 5.26 Å². The molecule has 0 radical (unpaired) electrons. The molecule has 1 aliphatic heterocycles. The summed E-state index contributed by atoms with van der Waals surface area (Å²) in [6.07, 6.45) is 1.42. The number of carbonyl (C=O) groups excluding carboxylic acids is 1. The van der Waals surface area contributed by atoms with Crippen LogP contribution in [0, 0.1) is 11.3 Å². The number of hydrogen-bond acceptors (Lipinski definition) is 5. The van der Waals surface area contributed by atoms with Crippen LogP contribution < -0.4 is 5.32 Å². The molecule has 0 bridgehead atoms. The zero-order valence-corrected chi connectivity index (χ0v) is 10.6. The second kappa shape index (κ2) is 6.83. The first-order valence-electron chi connectivity index (χ1n) is 6.24. The molecule has 100 valence electrons. The lowest BCUT2D eigenvalue weighted by Gasteiger charge is -2.26. The summed E-state index contributed by atoms with van der Waals surface area (Å²) in [5, 5.41) is 11.5. The maximum Gasteiger partial charge on any atom is 0.252 e. The van der Waals surface area contributed by atoms with Crippen molar-refractivity contribution >= 4 is 5.91 Å². The molecule has 0 unspecified atom stereocenters. The number of hydrogen-bond donors (Lipinski definition) is 1. The molecule has 6 heteroatoms. The number of nitrogens with zero attached hydrogens (tertiary/aromatic N) is 3. The minimum absolute atomic E-state index is 0.162. The summed E-state index contributed by atoms with van der Waals surface area (Å²) in [7, 11) is 0. The molecule has 1 aromatic heterocycles. The van der Waals surface area contributed by atoms with Crippen LogP contribution in [0.4, 0.5) is 0 Å². The topological polar surface area (TPSA) is 78.2 Å². The minimum Gasteiger partial charge on any atom is -0.379 e. The van der Waals surface area contributed by atoms with Crippen molar-refractivity contribution in [3.8, 4) is 6.07 Å². The second-order valence-electron chi connectivity index (χ2n) is 4.25. The number of aromatic nitrogens is 1. The van der Waals surface area contributed by atoms with Crippen molar-refractivity contribution in [2.75, 3.05) is 39.4 Å². The molecule has 0 saturated carbocycles. The molecular formula is C13H16N4O2. The molecule has 0 aliphatic carbocycles. The van der Waals surface area contributed by atoms with Crippen molar-refractivity contribution in [1.82, 2.24) is 15.2 Å². The molecule has 1 saturated heterocycles. The number of pyridine rings is 1. The van der Waals surface area contributed by atoms with Gasteiger partial charge in [0.2, 0.25) is 0 Å². The van der Waals surface area contributed by atoms with E-state index in [1.165, 1.54) is 12.3 Å². The van der Waals surface area contributed by atoms with E-state index < -0.39 is 0 Å². The van der Waals surface area contributed by atoms with E-state index in [1.54, 1.807) is 6.07 Å². The fourth-order valence-corrected chi connectivity index (χ4v) is 1.85. The van der Waals surface area contributed by atoms with Gasteiger partial charge in [-0.05, 0) is 12.1 Å². The maximum absolute atomic E-state index is 11.8. The average Bonchev–Trinajstić information content (AvgIpc) is 2.48. The van der Waals surface area contributed by atoms with Crippen LogP contribution in [0.25, 0.3) is 0 Å². The van der Waals surface area contributed by atoms with Crippen LogP contribution in [0.15, 0.2) is 18.3 Å². The Morgan fingerprint density at radius 3 is 2.89 bits per heavy atom. The number of amides is 1. The monoisotopic (exact) mass is 260 g/mol. The summed E-state index contributed by atoms with van der Waals surface area (Å²) >= 11 is 0. The summed E-state index contributed by atoms with van der Waals surface area (Å²) in [6.45, 7) is 4.75. The third-order valence-electron chi connectivity index (χ3n) is 2.96. The second-order valence-corrected chi connectivity index (χ2v) is 4.25. The van der Waals surface area contributed by atoms with Crippen LogP contribution in [-0.4, -0.2) is 55.2 Å². The Balaban J connectivity index is 1.75. The predicted molar refractivity (Wildman–Crippen MR) is 68.5 cm³/mol. The lowest BCUT2D eigenvalue weighted by molar-refractivity contribution is 0.0383. The molecule has 2 heterocycles. The number of carbonyl (C=O) groups is 1. The van der Waals surface area contributed by atoms with Gasteiger partial charge in [0.1, 0.15) is 11.8 Å². The van der Waals surface area contributed by atoms with E-state index in [9.17, 15) is 4.79 Å². The van der Waals surface area contributed by atoms with Gasteiger partial charge in [0, 0.05) is 32.4 Å². The highest BCUT2D eigenvalue weighted by Gasteiger charge is 2.11. The lowest BCUT2D eigenvalue weighted by Crippen LogP contribution is -2.41. The van der Waals surface area contributed by atoms with Crippen molar-refractivity contribution in [2.45, 2.75) is 0 Å². The Morgan fingerprint density at radius 1 is 1.47 bits per heavy atom. The van der Waals surface area contributed by atoms with E-state index >= 15 is 0 Å². The van der Waals surface area contributed by atoms with Gasteiger partial charge >= 0.3 is 0 Å². The van der Waals surface area contributed by atoms with Crippen molar-refractivity contribution in [3.63, 3.8) is 0 Å². The first-order chi connectivity index (χ1) is 9.29. The van der Waals surface area contributed by atoms with Gasteiger partial charge in [0.15, 0.2) is 0 Å².